The van der Waals surface area contributed by atoms with Crippen molar-refractivity contribution in [3.05, 3.63) is 0 Å². The van der Waals surface area contributed by atoms with E-state index in [-0.39, 0.29) is 0 Å². The zero-order chi connectivity index (χ0) is 12.6. The lowest BCUT2D eigenvalue weighted by Gasteiger charge is -2.52. The van der Waals surface area contributed by atoms with E-state index in [0.29, 0.717) is 17.6 Å². The van der Waals surface area contributed by atoms with Crippen LogP contribution in [-0.4, -0.2) is 35.6 Å². The molecular weight excluding hydrogens is 208 g/mol. The Bertz CT molecular complexity index is 260. The van der Waals surface area contributed by atoms with Crippen molar-refractivity contribution in [2.45, 2.75) is 71.5 Å². The third kappa shape index (κ3) is 2.53. The lowest BCUT2D eigenvalue weighted by molar-refractivity contribution is -0.000501. The lowest BCUT2D eigenvalue weighted by atomic mass is 9.85. The summed E-state index contributed by atoms with van der Waals surface area (Å²) in [6.45, 7) is 14.3. The van der Waals surface area contributed by atoms with Gasteiger partial charge in [0.25, 0.3) is 0 Å². The van der Waals surface area contributed by atoms with E-state index in [1.165, 1.54) is 32.4 Å². The topological polar surface area (TPSA) is 15.3 Å². The van der Waals surface area contributed by atoms with E-state index in [2.05, 4.69) is 44.8 Å². The number of piperazine rings is 1. The Hall–Kier alpha value is -0.0800. The zero-order valence-electron chi connectivity index (χ0n) is 12.3. The van der Waals surface area contributed by atoms with Crippen LogP contribution in [0.25, 0.3) is 0 Å². The Morgan fingerprint density at radius 3 is 2.41 bits per heavy atom. The number of hydrogen-bond acceptors (Lipinski definition) is 2. The molecule has 2 heteroatoms. The third-order valence-corrected chi connectivity index (χ3v) is 5.18. The second-order valence-corrected chi connectivity index (χ2v) is 6.75. The van der Waals surface area contributed by atoms with Crippen molar-refractivity contribution in [1.29, 1.82) is 0 Å². The fraction of sp³-hybridized carbons (Fsp3) is 1.00. The highest BCUT2D eigenvalue weighted by Gasteiger charge is 2.49. The van der Waals surface area contributed by atoms with Crippen LogP contribution in [0.1, 0.15) is 53.9 Å². The second-order valence-electron chi connectivity index (χ2n) is 6.75. The molecular formula is C15H30N2. The average molecular weight is 238 g/mol. The van der Waals surface area contributed by atoms with Gasteiger partial charge in [-0.15, -0.1) is 0 Å². The van der Waals surface area contributed by atoms with Crippen LogP contribution in [0.5, 0.6) is 0 Å². The first kappa shape index (κ1) is 13.4. The van der Waals surface area contributed by atoms with Gasteiger partial charge >= 0.3 is 0 Å². The van der Waals surface area contributed by atoms with Gasteiger partial charge < -0.3 is 5.32 Å². The molecule has 1 heterocycles. The molecule has 2 aliphatic rings. The van der Waals surface area contributed by atoms with Gasteiger partial charge in [0.2, 0.25) is 0 Å². The molecule has 2 rings (SSSR count). The van der Waals surface area contributed by atoms with Gasteiger partial charge in [0.1, 0.15) is 0 Å². The highest BCUT2D eigenvalue weighted by molar-refractivity contribution is 5.06. The van der Waals surface area contributed by atoms with Gasteiger partial charge in [-0.2, -0.15) is 0 Å². The molecule has 2 nitrogen and oxygen atoms in total. The fourth-order valence-corrected chi connectivity index (χ4v) is 3.47. The van der Waals surface area contributed by atoms with Crippen LogP contribution in [0.4, 0.5) is 0 Å². The summed E-state index contributed by atoms with van der Waals surface area (Å²) in [5.74, 6) is 1.73. The summed E-state index contributed by atoms with van der Waals surface area (Å²) >= 11 is 0. The zero-order valence-corrected chi connectivity index (χ0v) is 12.3. The first-order valence-corrected chi connectivity index (χ1v) is 7.49. The normalized spacial score (nSPS) is 37.4. The van der Waals surface area contributed by atoms with E-state index in [1.54, 1.807) is 0 Å². The molecule has 1 aliphatic heterocycles. The van der Waals surface area contributed by atoms with Crippen molar-refractivity contribution in [2.75, 3.05) is 13.1 Å². The van der Waals surface area contributed by atoms with Crippen LogP contribution in [0.15, 0.2) is 0 Å². The van der Waals surface area contributed by atoms with E-state index in [1.807, 2.05) is 0 Å². The Balaban J connectivity index is 2.08. The van der Waals surface area contributed by atoms with Crippen molar-refractivity contribution in [2.24, 2.45) is 11.8 Å². The average Bonchev–Trinajstić information content (AvgIpc) is 3.12. The molecule has 0 spiro atoms. The van der Waals surface area contributed by atoms with Crippen LogP contribution in [-0.2, 0) is 0 Å². The van der Waals surface area contributed by atoms with E-state index in [4.69, 9.17) is 0 Å². The molecule has 3 unspecified atom stereocenters. The van der Waals surface area contributed by atoms with E-state index in [0.717, 1.165) is 11.8 Å². The molecule has 0 aromatic heterocycles. The summed E-state index contributed by atoms with van der Waals surface area (Å²) < 4.78 is 0. The predicted molar refractivity (Wildman–Crippen MR) is 74.2 cm³/mol. The Morgan fingerprint density at radius 1 is 1.29 bits per heavy atom. The maximum absolute atomic E-state index is 3.82. The van der Waals surface area contributed by atoms with Crippen LogP contribution >= 0.6 is 0 Å². The third-order valence-electron chi connectivity index (χ3n) is 5.18. The molecule has 0 bridgehead atoms. The van der Waals surface area contributed by atoms with Gasteiger partial charge in [-0.05, 0) is 45.4 Å². The smallest absolute Gasteiger partial charge is 0.0337 e. The Kier molecular flexibility index (Phi) is 3.84. The molecule has 0 amide bonds. The summed E-state index contributed by atoms with van der Waals surface area (Å²) in [5.41, 5.74) is 0.415. The molecule has 1 N–H and O–H groups in total. The molecule has 0 radical (unpaired) electrons. The van der Waals surface area contributed by atoms with Gasteiger partial charge in [-0.1, -0.05) is 20.3 Å². The van der Waals surface area contributed by atoms with Gasteiger partial charge in [0, 0.05) is 30.7 Å². The second kappa shape index (κ2) is 4.89. The number of nitrogens with one attached hydrogen (secondary N) is 1. The molecule has 1 saturated carbocycles. The summed E-state index contributed by atoms with van der Waals surface area (Å²) in [7, 11) is 0. The Labute approximate surface area is 107 Å². The monoisotopic (exact) mass is 238 g/mol. The molecule has 3 atom stereocenters. The van der Waals surface area contributed by atoms with Gasteiger partial charge in [0.15, 0.2) is 0 Å². The van der Waals surface area contributed by atoms with Crippen LogP contribution < -0.4 is 5.32 Å². The van der Waals surface area contributed by atoms with E-state index >= 15 is 0 Å². The summed E-state index contributed by atoms with van der Waals surface area (Å²) in [6, 6.07) is 1.36. The molecule has 1 saturated heterocycles. The predicted octanol–water partition coefficient (Wildman–Crippen LogP) is 2.88. The van der Waals surface area contributed by atoms with Crippen LogP contribution in [0.3, 0.4) is 0 Å². The van der Waals surface area contributed by atoms with Crippen molar-refractivity contribution >= 4 is 0 Å². The standard InChI is InChI=1S/C15H30N2/c1-6-12(4)14-9-17(11(2)3)15(5,10-16-14)13-7-8-13/h11-14,16H,6-10H2,1-5H3. The quantitative estimate of drug-likeness (QED) is 0.810. The summed E-state index contributed by atoms with van der Waals surface area (Å²) in [6.07, 6.45) is 4.16. The first-order chi connectivity index (χ1) is 7.99. The number of rotatable bonds is 4. The van der Waals surface area contributed by atoms with Crippen molar-refractivity contribution in [3.63, 3.8) is 0 Å². The summed E-state index contributed by atoms with van der Waals surface area (Å²) in [4.78, 5) is 2.78. The maximum Gasteiger partial charge on any atom is 0.0337 e. The van der Waals surface area contributed by atoms with Crippen LogP contribution in [0.2, 0.25) is 0 Å². The van der Waals surface area contributed by atoms with Gasteiger partial charge in [-0.3, -0.25) is 4.90 Å². The van der Waals surface area contributed by atoms with E-state index < -0.39 is 0 Å². The molecule has 0 aromatic carbocycles. The largest absolute Gasteiger partial charge is 0.311 e. The van der Waals surface area contributed by atoms with Gasteiger partial charge in [0.05, 0.1) is 0 Å². The maximum atomic E-state index is 3.82. The SMILES string of the molecule is CCC(C)C1CN(C(C)C)C(C)(C2CC2)CN1. The lowest BCUT2D eigenvalue weighted by Crippen LogP contribution is -2.67. The van der Waals surface area contributed by atoms with Crippen molar-refractivity contribution in [3.8, 4) is 0 Å². The molecule has 17 heavy (non-hydrogen) atoms. The fourth-order valence-electron chi connectivity index (χ4n) is 3.47. The highest BCUT2D eigenvalue weighted by Crippen LogP contribution is 2.45. The summed E-state index contributed by atoms with van der Waals surface area (Å²) in [5, 5.41) is 3.82. The minimum Gasteiger partial charge on any atom is -0.311 e. The number of hydrogen-bond donors (Lipinski definition) is 1. The van der Waals surface area contributed by atoms with E-state index in [9.17, 15) is 0 Å². The molecule has 1 aliphatic carbocycles. The highest BCUT2D eigenvalue weighted by atomic mass is 15.3. The van der Waals surface area contributed by atoms with Gasteiger partial charge in [-0.25, -0.2) is 0 Å². The van der Waals surface area contributed by atoms with Crippen LogP contribution in [0, 0.1) is 11.8 Å². The molecule has 2 fully saturated rings. The molecule has 0 aromatic rings. The molecule has 100 valence electrons. The van der Waals surface area contributed by atoms with Crippen molar-refractivity contribution in [1.82, 2.24) is 10.2 Å². The van der Waals surface area contributed by atoms with Crippen molar-refractivity contribution < 1.29 is 0 Å². The minimum atomic E-state index is 0.415. The number of nitrogens with zero attached hydrogens (tertiary/aromatic N) is 1. The Morgan fingerprint density at radius 2 is 1.94 bits per heavy atom. The minimum absolute atomic E-state index is 0.415. The first-order valence-electron chi connectivity index (χ1n) is 7.49.